The molecule has 0 bridgehead atoms. The summed E-state index contributed by atoms with van der Waals surface area (Å²) in [6.07, 6.45) is -4.45. The zero-order valence-corrected chi connectivity index (χ0v) is 16.1. The Hall–Kier alpha value is -1.47. The number of piperazine rings is 1. The number of nitrogens with one attached hydrogen (secondary N) is 1. The molecular weight excluding hydrogens is 400 g/mol. The number of benzene rings is 2. The smallest absolute Gasteiger partial charge is 0.416 e. The van der Waals surface area contributed by atoms with E-state index in [0.717, 1.165) is 25.2 Å². The predicted octanol–water partition coefficient (Wildman–Crippen LogP) is 5.02. The number of rotatable bonds is 4. The van der Waals surface area contributed by atoms with Crippen LogP contribution >= 0.6 is 23.2 Å². The number of halogens is 5. The van der Waals surface area contributed by atoms with Crippen molar-refractivity contribution in [3.8, 4) is 5.75 Å². The molecule has 2 aromatic carbocycles. The molecule has 3 nitrogen and oxygen atoms in total. The van der Waals surface area contributed by atoms with Crippen LogP contribution in [0.5, 0.6) is 5.75 Å². The molecule has 8 heteroatoms. The SMILES string of the molecule is COc1ccc(Cl)cc1C(c1cc(C(F)(F)F)ccc1Cl)N1CCNCC1. The molecular formula is C19H19Cl2F3N2O. The topological polar surface area (TPSA) is 24.5 Å². The fourth-order valence-corrected chi connectivity index (χ4v) is 3.75. The molecule has 27 heavy (non-hydrogen) atoms. The average molecular weight is 419 g/mol. The Morgan fingerprint density at radius 1 is 1.04 bits per heavy atom. The standard InChI is InChI=1S/C19H19Cl2F3N2O/c1-27-17-5-3-13(20)11-15(17)18(26-8-6-25-7-9-26)14-10-12(19(22,23)24)2-4-16(14)21/h2-5,10-11,18,25H,6-9H2,1H3. The minimum atomic E-state index is -4.45. The summed E-state index contributed by atoms with van der Waals surface area (Å²) >= 11 is 12.6. The fourth-order valence-electron chi connectivity index (χ4n) is 3.35. The number of methoxy groups -OCH3 is 1. The van der Waals surface area contributed by atoms with Gasteiger partial charge in [-0.3, -0.25) is 4.90 Å². The first-order chi connectivity index (χ1) is 12.8. The number of hydrogen-bond donors (Lipinski definition) is 1. The molecule has 0 aliphatic carbocycles. The van der Waals surface area contributed by atoms with Crippen molar-refractivity contribution in [2.75, 3.05) is 33.3 Å². The van der Waals surface area contributed by atoms with Gasteiger partial charge in [0.15, 0.2) is 0 Å². The summed E-state index contributed by atoms with van der Waals surface area (Å²) in [5.41, 5.74) is 0.338. The Morgan fingerprint density at radius 3 is 2.37 bits per heavy atom. The molecule has 1 unspecified atom stereocenters. The Bertz CT molecular complexity index is 808. The maximum Gasteiger partial charge on any atom is 0.416 e. The van der Waals surface area contributed by atoms with Crippen molar-refractivity contribution < 1.29 is 17.9 Å². The normalized spacial score (nSPS) is 17.0. The summed E-state index contributed by atoms with van der Waals surface area (Å²) < 4.78 is 45.4. The van der Waals surface area contributed by atoms with E-state index >= 15 is 0 Å². The van der Waals surface area contributed by atoms with Crippen LogP contribution in [0.4, 0.5) is 13.2 Å². The average Bonchev–Trinajstić information content (AvgIpc) is 2.64. The van der Waals surface area contributed by atoms with Crippen LogP contribution in [0.15, 0.2) is 36.4 Å². The second-order valence-corrected chi connectivity index (χ2v) is 7.15. The van der Waals surface area contributed by atoms with E-state index in [1.165, 1.54) is 13.2 Å². The molecule has 1 aliphatic heterocycles. The molecule has 0 amide bonds. The summed E-state index contributed by atoms with van der Waals surface area (Å²) in [7, 11) is 1.52. The molecule has 2 aromatic rings. The minimum Gasteiger partial charge on any atom is -0.496 e. The van der Waals surface area contributed by atoms with Gasteiger partial charge in [0.25, 0.3) is 0 Å². The molecule has 0 aromatic heterocycles. The van der Waals surface area contributed by atoms with Gasteiger partial charge in [-0.1, -0.05) is 23.2 Å². The van der Waals surface area contributed by atoms with E-state index in [-0.39, 0.29) is 5.02 Å². The van der Waals surface area contributed by atoms with Crippen LogP contribution in [0.1, 0.15) is 22.7 Å². The number of ether oxygens (including phenoxy) is 1. The first-order valence-electron chi connectivity index (χ1n) is 8.46. The molecule has 1 saturated heterocycles. The third-order valence-corrected chi connectivity index (χ3v) is 5.20. The third-order valence-electron chi connectivity index (χ3n) is 4.62. The van der Waals surface area contributed by atoms with Gasteiger partial charge in [-0.2, -0.15) is 13.2 Å². The summed E-state index contributed by atoms with van der Waals surface area (Å²) in [6.45, 7) is 2.78. The highest BCUT2D eigenvalue weighted by Gasteiger charge is 2.34. The van der Waals surface area contributed by atoms with Crippen LogP contribution < -0.4 is 10.1 Å². The Morgan fingerprint density at radius 2 is 1.74 bits per heavy atom. The zero-order chi connectivity index (χ0) is 19.6. The molecule has 146 valence electrons. The van der Waals surface area contributed by atoms with Crippen LogP contribution in [0.3, 0.4) is 0 Å². The van der Waals surface area contributed by atoms with E-state index in [2.05, 4.69) is 10.2 Å². The lowest BCUT2D eigenvalue weighted by Crippen LogP contribution is -2.45. The highest BCUT2D eigenvalue weighted by atomic mass is 35.5. The summed E-state index contributed by atoms with van der Waals surface area (Å²) in [5, 5.41) is 4.00. The zero-order valence-electron chi connectivity index (χ0n) is 14.6. The summed E-state index contributed by atoms with van der Waals surface area (Å²) in [5.74, 6) is 0.552. The monoisotopic (exact) mass is 418 g/mol. The molecule has 1 heterocycles. The lowest BCUT2D eigenvalue weighted by atomic mass is 9.94. The van der Waals surface area contributed by atoms with Gasteiger partial charge in [0.1, 0.15) is 5.75 Å². The third kappa shape index (κ3) is 4.51. The van der Waals surface area contributed by atoms with Crippen LogP contribution in [0.25, 0.3) is 0 Å². The van der Waals surface area contributed by atoms with E-state index in [1.807, 2.05) is 0 Å². The Labute approximate surface area is 166 Å². The van der Waals surface area contributed by atoms with E-state index in [9.17, 15) is 13.2 Å². The molecule has 1 aliphatic rings. The molecule has 0 spiro atoms. The molecule has 1 fully saturated rings. The first kappa shape index (κ1) is 20.3. The molecule has 1 atom stereocenters. The number of nitrogens with zero attached hydrogens (tertiary/aromatic N) is 1. The largest absolute Gasteiger partial charge is 0.496 e. The van der Waals surface area contributed by atoms with Gasteiger partial charge in [-0.25, -0.2) is 0 Å². The van der Waals surface area contributed by atoms with Gasteiger partial charge in [-0.05, 0) is 42.0 Å². The van der Waals surface area contributed by atoms with Crippen LogP contribution in [0, 0.1) is 0 Å². The van der Waals surface area contributed by atoms with Gasteiger partial charge in [-0.15, -0.1) is 0 Å². The summed E-state index contributed by atoms with van der Waals surface area (Å²) in [6, 6.07) is 8.04. The van der Waals surface area contributed by atoms with E-state index in [1.54, 1.807) is 18.2 Å². The van der Waals surface area contributed by atoms with Gasteiger partial charge in [0.2, 0.25) is 0 Å². The summed E-state index contributed by atoms with van der Waals surface area (Å²) in [4.78, 5) is 2.09. The second kappa shape index (κ2) is 8.27. The molecule has 1 N–H and O–H groups in total. The van der Waals surface area contributed by atoms with Crippen molar-refractivity contribution in [2.24, 2.45) is 0 Å². The van der Waals surface area contributed by atoms with E-state index in [0.29, 0.717) is 35.0 Å². The first-order valence-corrected chi connectivity index (χ1v) is 9.21. The molecule has 3 rings (SSSR count). The van der Waals surface area contributed by atoms with Gasteiger partial charge in [0, 0.05) is 41.8 Å². The van der Waals surface area contributed by atoms with Crippen molar-refractivity contribution in [3.05, 3.63) is 63.1 Å². The highest BCUT2D eigenvalue weighted by molar-refractivity contribution is 6.31. The van der Waals surface area contributed by atoms with Crippen molar-refractivity contribution in [2.45, 2.75) is 12.2 Å². The van der Waals surface area contributed by atoms with Gasteiger partial charge >= 0.3 is 6.18 Å². The lowest BCUT2D eigenvalue weighted by molar-refractivity contribution is -0.137. The van der Waals surface area contributed by atoms with E-state index in [4.69, 9.17) is 27.9 Å². The van der Waals surface area contributed by atoms with Crippen LogP contribution in [-0.2, 0) is 6.18 Å². The van der Waals surface area contributed by atoms with Gasteiger partial charge in [0.05, 0.1) is 18.7 Å². The predicted molar refractivity (Wildman–Crippen MR) is 101 cm³/mol. The van der Waals surface area contributed by atoms with Crippen LogP contribution in [0.2, 0.25) is 10.0 Å². The van der Waals surface area contributed by atoms with Crippen molar-refractivity contribution in [3.63, 3.8) is 0 Å². The van der Waals surface area contributed by atoms with Gasteiger partial charge < -0.3 is 10.1 Å². The number of hydrogen-bond acceptors (Lipinski definition) is 3. The number of alkyl halides is 3. The molecule has 0 radical (unpaired) electrons. The Kier molecular flexibility index (Phi) is 6.21. The Balaban J connectivity index is 2.18. The minimum absolute atomic E-state index is 0.272. The second-order valence-electron chi connectivity index (χ2n) is 6.31. The van der Waals surface area contributed by atoms with E-state index < -0.39 is 17.8 Å². The van der Waals surface area contributed by atoms with Crippen LogP contribution in [-0.4, -0.2) is 38.2 Å². The van der Waals surface area contributed by atoms with Crippen molar-refractivity contribution in [1.82, 2.24) is 10.2 Å². The lowest BCUT2D eigenvalue weighted by Gasteiger charge is -2.36. The highest BCUT2D eigenvalue weighted by Crippen LogP contribution is 2.41. The maximum atomic E-state index is 13.3. The van der Waals surface area contributed by atoms with Crippen molar-refractivity contribution >= 4 is 23.2 Å². The molecule has 0 saturated carbocycles. The quantitative estimate of drug-likeness (QED) is 0.754. The fraction of sp³-hybridized carbons (Fsp3) is 0.368. The van der Waals surface area contributed by atoms with Crippen molar-refractivity contribution in [1.29, 1.82) is 0 Å². The maximum absolute atomic E-state index is 13.3.